The zero-order valence-electron chi connectivity index (χ0n) is 8.43. The van der Waals surface area contributed by atoms with Gasteiger partial charge in [-0.1, -0.05) is 11.3 Å². The molecule has 6 heteroatoms. The third-order valence-corrected chi connectivity index (χ3v) is 2.47. The molecular weight excluding hydrogens is 202 g/mol. The molecule has 0 radical (unpaired) electrons. The Bertz CT molecular complexity index is 287. The lowest BCUT2D eigenvalue weighted by Gasteiger charge is -2.23. The lowest BCUT2D eigenvalue weighted by Crippen LogP contribution is -2.36. The molecule has 0 N–H and O–H groups in total. The number of methoxy groups -OCH3 is 1. The number of aromatic nitrogens is 2. The molecule has 0 bridgehead atoms. The highest BCUT2D eigenvalue weighted by molar-refractivity contribution is 7.13. The van der Waals surface area contributed by atoms with Gasteiger partial charge in [-0.05, 0) is 13.8 Å². The summed E-state index contributed by atoms with van der Waals surface area (Å²) < 4.78 is 4.60. The minimum absolute atomic E-state index is 0.196. The number of hydrogen-bond acceptors (Lipinski definition) is 6. The summed E-state index contributed by atoms with van der Waals surface area (Å²) in [5.41, 5.74) is 1.64. The lowest BCUT2D eigenvalue weighted by atomic mass is 10.3. The highest BCUT2D eigenvalue weighted by Crippen LogP contribution is 2.17. The van der Waals surface area contributed by atoms with Crippen LogP contribution in [0.3, 0.4) is 0 Å². The van der Waals surface area contributed by atoms with Crippen molar-refractivity contribution < 1.29 is 9.53 Å². The van der Waals surface area contributed by atoms with Gasteiger partial charge in [0.25, 0.3) is 0 Å². The molecule has 0 aliphatic rings. The Balaban J connectivity index is 2.70. The van der Waals surface area contributed by atoms with Crippen LogP contribution in [0.15, 0.2) is 5.51 Å². The summed E-state index contributed by atoms with van der Waals surface area (Å²) in [6.07, 6.45) is 0. The van der Waals surface area contributed by atoms with Crippen LogP contribution in [0.4, 0.5) is 5.13 Å². The molecule has 0 spiro atoms. The Morgan fingerprint density at radius 1 is 1.71 bits per heavy atom. The van der Waals surface area contributed by atoms with Crippen molar-refractivity contribution in [2.24, 2.45) is 0 Å². The van der Waals surface area contributed by atoms with Gasteiger partial charge in [0.1, 0.15) is 12.1 Å². The number of esters is 1. The number of ether oxygens (including phenoxy) is 1. The van der Waals surface area contributed by atoms with Gasteiger partial charge >= 0.3 is 5.97 Å². The Kier molecular flexibility index (Phi) is 3.82. The Labute approximate surface area is 86.7 Å². The second-order valence-electron chi connectivity index (χ2n) is 3.02. The average molecular weight is 215 g/mol. The minimum Gasteiger partial charge on any atom is -0.468 e. The van der Waals surface area contributed by atoms with E-state index in [4.69, 9.17) is 0 Å². The molecule has 14 heavy (non-hydrogen) atoms. The van der Waals surface area contributed by atoms with Crippen molar-refractivity contribution in [1.29, 1.82) is 0 Å². The Morgan fingerprint density at radius 3 is 2.86 bits per heavy atom. The highest BCUT2D eigenvalue weighted by Gasteiger charge is 2.17. The zero-order chi connectivity index (χ0) is 10.6. The molecule has 0 atom stereocenters. The number of hydrogen-bond donors (Lipinski definition) is 0. The molecule has 0 aliphatic carbocycles. The van der Waals surface area contributed by atoms with Gasteiger partial charge in [-0.2, -0.15) is 0 Å². The zero-order valence-corrected chi connectivity index (χ0v) is 9.24. The molecular formula is C8H13N3O2S. The van der Waals surface area contributed by atoms with Crippen LogP contribution in [-0.2, 0) is 9.53 Å². The number of nitrogens with zero attached hydrogens (tertiary/aromatic N) is 3. The maximum Gasteiger partial charge on any atom is 0.325 e. The molecule has 1 aromatic heterocycles. The van der Waals surface area contributed by atoms with Gasteiger partial charge in [0, 0.05) is 6.04 Å². The summed E-state index contributed by atoms with van der Waals surface area (Å²) in [6.45, 7) is 4.19. The molecule has 1 rings (SSSR count). The van der Waals surface area contributed by atoms with Gasteiger partial charge in [-0.25, -0.2) is 0 Å². The average Bonchev–Trinajstić information content (AvgIpc) is 2.65. The van der Waals surface area contributed by atoms with Crippen LogP contribution >= 0.6 is 11.3 Å². The largest absolute Gasteiger partial charge is 0.468 e. The normalized spacial score (nSPS) is 10.3. The topological polar surface area (TPSA) is 55.3 Å². The van der Waals surface area contributed by atoms with Crippen LogP contribution in [0.5, 0.6) is 0 Å². The third-order valence-electron chi connectivity index (χ3n) is 1.74. The first kappa shape index (κ1) is 10.9. The van der Waals surface area contributed by atoms with Crippen molar-refractivity contribution in [3.8, 4) is 0 Å². The van der Waals surface area contributed by atoms with Gasteiger partial charge in [0.2, 0.25) is 5.13 Å². The van der Waals surface area contributed by atoms with Gasteiger partial charge < -0.3 is 9.64 Å². The van der Waals surface area contributed by atoms with Crippen LogP contribution in [0.25, 0.3) is 0 Å². The lowest BCUT2D eigenvalue weighted by molar-refractivity contribution is -0.139. The predicted molar refractivity (Wildman–Crippen MR) is 54.4 cm³/mol. The fourth-order valence-corrected chi connectivity index (χ4v) is 1.66. The van der Waals surface area contributed by atoms with E-state index in [9.17, 15) is 4.79 Å². The number of anilines is 1. The van der Waals surface area contributed by atoms with E-state index in [2.05, 4.69) is 14.9 Å². The standard InChI is InChI=1S/C8H13N3O2S/c1-6(2)11(4-7(12)13-3)8-10-9-5-14-8/h5-6H,4H2,1-3H3. The van der Waals surface area contributed by atoms with Crippen LogP contribution < -0.4 is 4.90 Å². The quantitative estimate of drug-likeness (QED) is 0.699. The fraction of sp³-hybridized carbons (Fsp3) is 0.625. The van der Waals surface area contributed by atoms with Crippen LogP contribution in [-0.4, -0.2) is 35.9 Å². The SMILES string of the molecule is COC(=O)CN(c1nncs1)C(C)C. The summed E-state index contributed by atoms with van der Waals surface area (Å²) in [6, 6.07) is 0.196. The smallest absolute Gasteiger partial charge is 0.325 e. The number of carbonyl (C=O) groups excluding carboxylic acids is 1. The second-order valence-corrected chi connectivity index (χ2v) is 3.83. The van der Waals surface area contributed by atoms with E-state index >= 15 is 0 Å². The Morgan fingerprint density at radius 2 is 2.43 bits per heavy atom. The first-order valence-corrected chi connectivity index (χ1v) is 5.12. The van der Waals surface area contributed by atoms with Crippen molar-refractivity contribution >= 4 is 22.4 Å². The maximum absolute atomic E-state index is 11.1. The van der Waals surface area contributed by atoms with Gasteiger partial charge in [0.15, 0.2) is 0 Å². The van der Waals surface area contributed by atoms with E-state index in [0.29, 0.717) is 0 Å². The molecule has 78 valence electrons. The summed E-state index contributed by atoms with van der Waals surface area (Å²) in [4.78, 5) is 13.0. The summed E-state index contributed by atoms with van der Waals surface area (Å²) in [7, 11) is 1.38. The van der Waals surface area contributed by atoms with Gasteiger partial charge in [0.05, 0.1) is 7.11 Å². The monoisotopic (exact) mass is 215 g/mol. The van der Waals surface area contributed by atoms with E-state index in [0.717, 1.165) is 5.13 Å². The van der Waals surface area contributed by atoms with Crippen LogP contribution in [0, 0.1) is 0 Å². The van der Waals surface area contributed by atoms with Gasteiger partial charge in [-0.3, -0.25) is 4.79 Å². The molecule has 1 heterocycles. The molecule has 0 amide bonds. The van der Waals surface area contributed by atoms with Crippen molar-refractivity contribution in [2.45, 2.75) is 19.9 Å². The third kappa shape index (κ3) is 2.66. The molecule has 0 unspecified atom stereocenters. The molecule has 0 aliphatic heterocycles. The van der Waals surface area contributed by atoms with Crippen molar-refractivity contribution in [3.63, 3.8) is 0 Å². The minimum atomic E-state index is -0.270. The first-order valence-electron chi connectivity index (χ1n) is 4.24. The summed E-state index contributed by atoms with van der Waals surface area (Å²) >= 11 is 1.41. The molecule has 0 saturated carbocycles. The second kappa shape index (κ2) is 4.90. The van der Waals surface area contributed by atoms with E-state index in [1.165, 1.54) is 18.4 Å². The van der Waals surface area contributed by atoms with Crippen molar-refractivity contribution in [3.05, 3.63) is 5.51 Å². The van der Waals surface area contributed by atoms with E-state index < -0.39 is 0 Å². The van der Waals surface area contributed by atoms with E-state index in [1.807, 2.05) is 18.7 Å². The molecule has 0 aromatic carbocycles. The molecule has 5 nitrogen and oxygen atoms in total. The maximum atomic E-state index is 11.1. The first-order chi connectivity index (χ1) is 6.65. The number of carbonyl (C=O) groups is 1. The molecule has 0 saturated heterocycles. The van der Waals surface area contributed by atoms with Crippen molar-refractivity contribution in [2.75, 3.05) is 18.6 Å². The Hall–Kier alpha value is -1.17. The molecule has 0 fully saturated rings. The number of rotatable bonds is 4. The van der Waals surface area contributed by atoms with Crippen LogP contribution in [0.2, 0.25) is 0 Å². The van der Waals surface area contributed by atoms with Gasteiger partial charge in [-0.15, -0.1) is 10.2 Å². The summed E-state index contributed by atoms with van der Waals surface area (Å²) in [5, 5.41) is 8.39. The predicted octanol–water partition coefficient (Wildman–Crippen LogP) is 0.926. The summed E-state index contributed by atoms with van der Waals surface area (Å²) in [5.74, 6) is -0.270. The van der Waals surface area contributed by atoms with Crippen molar-refractivity contribution in [1.82, 2.24) is 10.2 Å². The fourth-order valence-electron chi connectivity index (χ4n) is 0.967. The molecule has 1 aromatic rings. The highest BCUT2D eigenvalue weighted by atomic mass is 32.1. The van der Waals surface area contributed by atoms with E-state index in [1.54, 1.807) is 5.51 Å². The van der Waals surface area contributed by atoms with E-state index in [-0.39, 0.29) is 18.6 Å². The van der Waals surface area contributed by atoms with Crippen LogP contribution in [0.1, 0.15) is 13.8 Å².